The van der Waals surface area contributed by atoms with Gasteiger partial charge in [0.1, 0.15) is 11.5 Å². The molecule has 1 aromatic heterocycles. The molecule has 2 heterocycles. The summed E-state index contributed by atoms with van der Waals surface area (Å²) >= 11 is 0. The lowest BCUT2D eigenvalue weighted by molar-refractivity contribution is -0.132. The molecule has 4 rings (SSSR count). The number of Topliss-reactive ketones (excluding diaryl/α,β-unsaturated/α-hetero) is 1. The van der Waals surface area contributed by atoms with E-state index in [1.165, 1.54) is 4.90 Å². The summed E-state index contributed by atoms with van der Waals surface area (Å²) in [5, 5.41) is 20.4. The van der Waals surface area contributed by atoms with E-state index in [-0.39, 0.29) is 17.3 Å². The Balaban J connectivity index is 1.92. The average Bonchev–Trinajstić information content (AvgIpc) is 3.14. The molecule has 1 amide bonds. The van der Waals surface area contributed by atoms with E-state index in [1.54, 1.807) is 74.1 Å². The number of nitriles is 1. The molecule has 1 aliphatic rings. The van der Waals surface area contributed by atoms with Gasteiger partial charge in [0, 0.05) is 23.6 Å². The highest BCUT2D eigenvalue weighted by Crippen LogP contribution is 2.42. The van der Waals surface area contributed by atoms with Gasteiger partial charge in [0.25, 0.3) is 11.7 Å². The van der Waals surface area contributed by atoms with Gasteiger partial charge in [-0.3, -0.25) is 19.5 Å². The molecule has 0 saturated carbocycles. The van der Waals surface area contributed by atoms with E-state index in [1.807, 2.05) is 19.9 Å². The van der Waals surface area contributed by atoms with Gasteiger partial charge in [-0.1, -0.05) is 19.9 Å². The van der Waals surface area contributed by atoms with Crippen LogP contribution in [0.25, 0.3) is 5.76 Å². The van der Waals surface area contributed by atoms with Crippen LogP contribution in [0.2, 0.25) is 0 Å². The maximum absolute atomic E-state index is 13.2. The van der Waals surface area contributed by atoms with Gasteiger partial charge in [-0.05, 0) is 65.6 Å². The van der Waals surface area contributed by atoms with Crippen LogP contribution in [0, 0.1) is 11.3 Å². The van der Waals surface area contributed by atoms with Crippen LogP contribution in [0.1, 0.15) is 48.1 Å². The molecule has 1 atom stereocenters. The van der Waals surface area contributed by atoms with Crippen molar-refractivity contribution >= 4 is 23.1 Å². The van der Waals surface area contributed by atoms with Crippen molar-refractivity contribution in [2.24, 2.45) is 0 Å². The molecule has 2 aromatic carbocycles. The minimum absolute atomic E-state index is 0.0257. The Morgan fingerprint density at radius 3 is 2.47 bits per heavy atom. The Morgan fingerprint density at radius 1 is 1.15 bits per heavy atom. The second-order valence-corrected chi connectivity index (χ2v) is 8.23. The Labute approximate surface area is 197 Å². The molecular weight excluding hydrogens is 430 g/mol. The number of carbonyl (C=O) groups excluding carboxylic acids is 2. The lowest BCUT2D eigenvalue weighted by Crippen LogP contribution is -2.29. The molecule has 0 radical (unpaired) electrons. The highest BCUT2D eigenvalue weighted by Gasteiger charge is 2.47. The number of rotatable bonds is 5. The van der Waals surface area contributed by atoms with E-state index in [9.17, 15) is 14.7 Å². The van der Waals surface area contributed by atoms with Crippen LogP contribution < -0.4 is 9.64 Å². The molecule has 1 fully saturated rings. The molecule has 1 unspecified atom stereocenters. The molecule has 0 bridgehead atoms. The third kappa shape index (κ3) is 3.90. The van der Waals surface area contributed by atoms with Crippen LogP contribution in [-0.4, -0.2) is 28.9 Å². The van der Waals surface area contributed by atoms with Gasteiger partial charge >= 0.3 is 0 Å². The van der Waals surface area contributed by atoms with E-state index in [0.717, 1.165) is 5.56 Å². The first-order chi connectivity index (χ1) is 16.4. The monoisotopic (exact) mass is 453 g/mol. The third-order valence-electron chi connectivity index (χ3n) is 5.84. The number of aromatic nitrogens is 1. The molecular formula is C27H23N3O4. The maximum atomic E-state index is 13.2. The number of benzene rings is 2. The lowest BCUT2D eigenvalue weighted by atomic mass is 9.93. The molecule has 0 spiro atoms. The van der Waals surface area contributed by atoms with Gasteiger partial charge in [0.05, 0.1) is 30.4 Å². The first-order valence-electron chi connectivity index (χ1n) is 10.8. The number of carbonyl (C=O) groups is 2. The minimum Gasteiger partial charge on any atom is -0.507 e. The SMILES string of the molecule is COc1ccc(/C(O)=C2/C(=O)C(=O)N(c3ccc(C#N)cc3)C2c2cccnc2)cc1C(C)C. The Hall–Kier alpha value is -4.44. The number of aliphatic hydroxyl groups is 1. The Morgan fingerprint density at radius 2 is 1.88 bits per heavy atom. The third-order valence-corrected chi connectivity index (χ3v) is 5.84. The molecule has 170 valence electrons. The van der Waals surface area contributed by atoms with Crippen LogP contribution in [0.3, 0.4) is 0 Å². The summed E-state index contributed by atoms with van der Waals surface area (Å²) in [5.41, 5.74) is 2.69. The summed E-state index contributed by atoms with van der Waals surface area (Å²) in [4.78, 5) is 31.9. The number of ether oxygens (including phenoxy) is 1. The van der Waals surface area contributed by atoms with E-state index in [0.29, 0.717) is 28.1 Å². The van der Waals surface area contributed by atoms with Gasteiger partial charge in [-0.15, -0.1) is 0 Å². The average molecular weight is 453 g/mol. The number of hydrogen-bond donors (Lipinski definition) is 1. The van der Waals surface area contributed by atoms with E-state index in [4.69, 9.17) is 10.00 Å². The maximum Gasteiger partial charge on any atom is 0.300 e. The summed E-state index contributed by atoms with van der Waals surface area (Å²) in [5.74, 6) is -1.05. The fourth-order valence-electron chi connectivity index (χ4n) is 4.14. The van der Waals surface area contributed by atoms with Crippen molar-refractivity contribution in [1.82, 2.24) is 4.98 Å². The van der Waals surface area contributed by atoms with Crippen molar-refractivity contribution in [2.75, 3.05) is 12.0 Å². The van der Waals surface area contributed by atoms with Crippen molar-refractivity contribution in [3.8, 4) is 11.8 Å². The minimum atomic E-state index is -0.883. The van der Waals surface area contributed by atoms with Crippen LogP contribution in [0.5, 0.6) is 5.75 Å². The summed E-state index contributed by atoms with van der Waals surface area (Å²) in [7, 11) is 1.58. The van der Waals surface area contributed by atoms with Crippen LogP contribution in [-0.2, 0) is 9.59 Å². The molecule has 3 aromatic rings. The lowest BCUT2D eigenvalue weighted by Gasteiger charge is -2.25. The van der Waals surface area contributed by atoms with Crippen molar-refractivity contribution in [3.63, 3.8) is 0 Å². The number of aliphatic hydroxyl groups excluding tert-OH is 1. The largest absolute Gasteiger partial charge is 0.507 e. The molecule has 1 saturated heterocycles. The molecule has 7 nitrogen and oxygen atoms in total. The van der Waals surface area contributed by atoms with Crippen molar-refractivity contribution in [3.05, 3.63) is 94.8 Å². The zero-order chi connectivity index (χ0) is 24.4. The van der Waals surface area contributed by atoms with Crippen molar-refractivity contribution in [2.45, 2.75) is 25.8 Å². The molecule has 1 N–H and O–H groups in total. The summed E-state index contributed by atoms with van der Waals surface area (Å²) in [6, 6.07) is 16.2. The second-order valence-electron chi connectivity index (χ2n) is 8.23. The number of anilines is 1. The summed E-state index contributed by atoms with van der Waals surface area (Å²) in [6.07, 6.45) is 3.16. The topological polar surface area (TPSA) is 104 Å². The fourth-order valence-corrected chi connectivity index (χ4v) is 4.14. The van der Waals surface area contributed by atoms with Crippen molar-refractivity contribution in [1.29, 1.82) is 5.26 Å². The normalized spacial score (nSPS) is 17.1. The zero-order valence-electron chi connectivity index (χ0n) is 19.0. The predicted octanol–water partition coefficient (Wildman–Crippen LogP) is 4.71. The molecule has 1 aliphatic heterocycles. The first-order valence-corrected chi connectivity index (χ1v) is 10.8. The smallest absolute Gasteiger partial charge is 0.300 e. The highest BCUT2D eigenvalue weighted by atomic mass is 16.5. The van der Waals surface area contributed by atoms with Gasteiger partial charge in [-0.2, -0.15) is 5.26 Å². The summed E-state index contributed by atoms with van der Waals surface area (Å²) in [6.45, 7) is 4.00. The quantitative estimate of drug-likeness (QED) is 0.341. The van der Waals surface area contributed by atoms with Crippen LogP contribution >= 0.6 is 0 Å². The van der Waals surface area contributed by atoms with E-state index >= 15 is 0 Å². The zero-order valence-corrected chi connectivity index (χ0v) is 19.0. The fraction of sp³-hybridized carbons (Fsp3) is 0.185. The number of pyridine rings is 1. The van der Waals surface area contributed by atoms with Crippen molar-refractivity contribution < 1.29 is 19.4 Å². The van der Waals surface area contributed by atoms with Gasteiger partial charge in [0.15, 0.2) is 0 Å². The predicted molar refractivity (Wildman–Crippen MR) is 127 cm³/mol. The first kappa shape index (κ1) is 22.7. The molecule has 7 heteroatoms. The standard InChI is InChI=1S/C27H23N3O4/c1-16(2)21-13-18(8-11-22(21)34-3)25(31)23-24(19-5-4-12-29-15-19)30(27(33)26(23)32)20-9-6-17(14-28)7-10-20/h4-13,15-16,24,31H,1-3H3/b25-23-. The Bertz CT molecular complexity index is 1320. The van der Waals surface area contributed by atoms with E-state index < -0.39 is 17.7 Å². The number of methoxy groups -OCH3 is 1. The van der Waals surface area contributed by atoms with Gasteiger partial charge in [-0.25, -0.2) is 0 Å². The Kier molecular flexibility index (Phi) is 6.15. The van der Waals surface area contributed by atoms with Gasteiger partial charge < -0.3 is 9.84 Å². The van der Waals surface area contributed by atoms with Crippen LogP contribution in [0.15, 0.2) is 72.6 Å². The number of hydrogen-bond acceptors (Lipinski definition) is 6. The second kappa shape index (κ2) is 9.20. The van der Waals surface area contributed by atoms with E-state index in [2.05, 4.69) is 4.98 Å². The van der Waals surface area contributed by atoms with Crippen LogP contribution in [0.4, 0.5) is 5.69 Å². The van der Waals surface area contributed by atoms with Gasteiger partial charge in [0.2, 0.25) is 0 Å². The summed E-state index contributed by atoms with van der Waals surface area (Å²) < 4.78 is 5.43. The number of amides is 1. The molecule has 34 heavy (non-hydrogen) atoms. The number of ketones is 1. The molecule has 0 aliphatic carbocycles. The number of nitrogens with zero attached hydrogens (tertiary/aromatic N) is 3. The highest BCUT2D eigenvalue weighted by molar-refractivity contribution is 6.51.